The summed E-state index contributed by atoms with van der Waals surface area (Å²) in [6, 6.07) is 0. The van der Waals surface area contributed by atoms with E-state index in [1.807, 2.05) is 0 Å². The molecule has 2 aromatic rings. The molecular weight excluding hydrogens is 294 g/mol. The highest BCUT2D eigenvalue weighted by Gasteiger charge is 2.23. The monoisotopic (exact) mass is 311 g/mol. The topological polar surface area (TPSA) is 98.2 Å². The molecule has 0 aromatic carbocycles. The van der Waals surface area contributed by atoms with Gasteiger partial charge in [0.1, 0.15) is 23.5 Å². The molecule has 8 heteroatoms. The largest absolute Gasteiger partial charge is 0.364 e. The van der Waals surface area contributed by atoms with Crippen LogP contribution in [0.3, 0.4) is 0 Å². The number of nitrogens with one attached hydrogen (secondary N) is 1. The highest BCUT2D eigenvalue weighted by molar-refractivity contribution is 7.88. The zero-order valence-electron chi connectivity index (χ0n) is 11.5. The number of nitrogens with zero attached hydrogens (tertiary/aromatic N) is 2. The van der Waals surface area contributed by atoms with Crippen LogP contribution in [0.5, 0.6) is 0 Å². The van der Waals surface area contributed by atoms with Crippen LogP contribution in [-0.4, -0.2) is 25.3 Å². The molecule has 0 aliphatic heterocycles. The first-order valence-electron chi connectivity index (χ1n) is 6.96. The first-order chi connectivity index (χ1) is 10.1. The van der Waals surface area contributed by atoms with Crippen LogP contribution in [0.1, 0.15) is 35.4 Å². The summed E-state index contributed by atoms with van der Waals surface area (Å²) in [7, 11) is -3.41. The molecule has 0 bridgehead atoms. The number of hydrogen-bond acceptors (Lipinski definition) is 6. The van der Waals surface area contributed by atoms with E-state index in [0.29, 0.717) is 18.7 Å². The van der Waals surface area contributed by atoms with Crippen LogP contribution in [0, 0.1) is 0 Å². The molecule has 21 heavy (non-hydrogen) atoms. The molecule has 114 valence electrons. The predicted octanol–water partition coefficient (Wildman–Crippen LogP) is 1.20. The number of fused-ring (bicyclic) bond motifs is 1. The third kappa shape index (κ3) is 3.51. The Balaban J connectivity index is 1.59. The number of aromatic nitrogens is 2. The summed E-state index contributed by atoms with van der Waals surface area (Å²) in [5.74, 6) is 0.714. The highest BCUT2D eigenvalue weighted by Crippen LogP contribution is 2.25. The average Bonchev–Trinajstić information content (AvgIpc) is 3.09. The molecule has 0 spiro atoms. The van der Waals surface area contributed by atoms with Crippen LogP contribution in [0.4, 0.5) is 0 Å². The maximum atomic E-state index is 12.1. The first kappa shape index (κ1) is 14.3. The molecule has 0 fully saturated rings. The lowest BCUT2D eigenvalue weighted by Gasteiger charge is -2.09. The molecule has 2 aromatic heterocycles. The van der Waals surface area contributed by atoms with Gasteiger partial charge in [-0.3, -0.25) is 0 Å². The maximum absolute atomic E-state index is 12.1. The molecule has 0 amide bonds. The Morgan fingerprint density at radius 3 is 2.95 bits per heavy atom. The van der Waals surface area contributed by atoms with Crippen molar-refractivity contribution in [2.45, 2.75) is 37.9 Å². The Kier molecular flexibility index (Phi) is 4.07. The zero-order valence-corrected chi connectivity index (χ0v) is 12.4. The summed E-state index contributed by atoms with van der Waals surface area (Å²) in [6.07, 6.45) is 7.45. The number of sulfonamides is 1. The fourth-order valence-electron chi connectivity index (χ4n) is 2.49. The summed E-state index contributed by atoms with van der Waals surface area (Å²) in [6.45, 7) is 0.309. The number of hydrogen-bond donors (Lipinski definition) is 1. The van der Waals surface area contributed by atoms with Crippen LogP contribution < -0.4 is 4.72 Å². The van der Waals surface area contributed by atoms with Crippen molar-refractivity contribution < 1.29 is 17.5 Å². The summed E-state index contributed by atoms with van der Waals surface area (Å²) in [5.41, 5.74) is 2.38. The Hall–Kier alpha value is -1.67. The standard InChI is InChI=1S/C13H17N3O4S/c17-21(18,15-6-5-10-7-14-19-8-10)9-12-11-3-1-2-4-13(11)20-16-12/h7-8,15H,1-6,9H2. The molecule has 0 unspecified atom stereocenters. The van der Waals surface area contributed by atoms with Crippen LogP contribution in [0.15, 0.2) is 21.5 Å². The van der Waals surface area contributed by atoms with Crippen LogP contribution in [0.25, 0.3) is 0 Å². The van der Waals surface area contributed by atoms with E-state index in [1.165, 1.54) is 6.26 Å². The van der Waals surface area contributed by atoms with Gasteiger partial charge >= 0.3 is 0 Å². The Morgan fingerprint density at radius 1 is 1.29 bits per heavy atom. The fourth-order valence-corrected chi connectivity index (χ4v) is 3.60. The second-order valence-electron chi connectivity index (χ2n) is 5.17. The van der Waals surface area contributed by atoms with Gasteiger partial charge in [-0.05, 0) is 25.7 Å². The minimum Gasteiger partial charge on any atom is -0.364 e. The van der Waals surface area contributed by atoms with Crippen molar-refractivity contribution in [3.63, 3.8) is 0 Å². The van der Waals surface area contributed by atoms with Crippen LogP contribution in [0.2, 0.25) is 0 Å². The van der Waals surface area contributed by atoms with Crippen molar-refractivity contribution in [2.24, 2.45) is 0 Å². The maximum Gasteiger partial charge on any atom is 0.217 e. The number of aryl methyl sites for hydroxylation is 1. The predicted molar refractivity (Wildman–Crippen MR) is 74.0 cm³/mol. The third-order valence-electron chi connectivity index (χ3n) is 3.58. The van der Waals surface area contributed by atoms with Crippen molar-refractivity contribution in [3.05, 3.63) is 35.0 Å². The van der Waals surface area contributed by atoms with Crippen LogP contribution in [-0.2, 0) is 35.0 Å². The minimum absolute atomic E-state index is 0.129. The van der Waals surface area contributed by atoms with Crippen molar-refractivity contribution in [1.29, 1.82) is 0 Å². The molecule has 1 aliphatic rings. The van der Waals surface area contributed by atoms with Gasteiger partial charge < -0.3 is 9.05 Å². The van der Waals surface area contributed by atoms with E-state index in [9.17, 15) is 8.42 Å². The molecular formula is C13H17N3O4S. The van der Waals surface area contributed by atoms with Crippen LogP contribution >= 0.6 is 0 Å². The van der Waals surface area contributed by atoms with Gasteiger partial charge in [0.15, 0.2) is 0 Å². The Bertz CT molecular complexity index is 691. The second-order valence-corrected chi connectivity index (χ2v) is 6.98. The smallest absolute Gasteiger partial charge is 0.217 e. The van der Waals surface area contributed by atoms with Gasteiger partial charge in [0, 0.05) is 24.1 Å². The summed E-state index contributed by atoms with van der Waals surface area (Å²) >= 11 is 0. The lowest BCUT2D eigenvalue weighted by molar-refractivity contribution is 0.369. The summed E-state index contributed by atoms with van der Waals surface area (Å²) < 4.78 is 36.7. The van der Waals surface area contributed by atoms with Gasteiger partial charge in [0.2, 0.25) is 10.0 Å². The van der Waals surface area contributed by atoms with Gasteiger partial charge in [0.25, 0.3) is 0 Å². The molecule has 7 nitrogen and oxygen atoms in total. The SMILES string of the molecule is O=S(=O)(Cc1noc2c1CCCC2)NCCc1cnoc1. The van der Waals surface area contributed by atoms with E-state index < -0.39 is 10.0 Å². The lowest BCUT2D eigenvalue weighted by atomic mass is 9.97. The number of rotatable bonds is 6. The van der Waals surface area contributed by atoms with Gasteiger partial charge in [0.05, 0.1) is 6.20 Å². The Morgan fingerprint density at radius 2 is 2.14 bits per heavy atom. The zero-order chi connectivity index (χ0) is 14.7. The van der Waals surface area contributed by atoms with Gasteiger partial charge in [-0.25, -0.2) is 13.1 Å². The fraction of sp³-hybridized carbons (Fsp3) is 0.538. The van der Waals surface area contributed by atoms with Crippen molar-refractivity contribution in [2.75, 3.05) is 6.54 Å². The van der Waals surface area contributed by atoms with E-state index >= 15 is 0 Å². The van der Waals surface area contributed by atoms with Gasteiger partial charge in [-0.15, -0.1) is 0 Å². The molecule has 0 atom stereocenters. The summed E-state index contributed by atoms with van der Waals surface area (Å²) in [4.78, 5) is 0. The van der Waals surface area contributed by atoms with E-state index in [0.717, 1.165) is 42.6 Å². The molecule has 0 radical (unpaired) electrons. The third-order valence-corrected chi connectivity index (χ3v) is 4.87. The van der Waals surface area contributed by atoms with E-state index in [-0.39, 0.29) is 5.75 Å². The molecule has 0 saturated heterocycles. The van der Waals surface area contributed by atoms with Gasteiger partial charge in [-0.2, -0.15) is 0 Å². The minimum atomic E-state index is -3.41. The van der Waals surface area contributed by atoms with Crippen molar-refractivity contribution >= 4 is 10.0 Å². The summed E-state index contributed by atoms with van der Waals surface area (Å²) in [5, 5.41) is 7.49. The van der Waals surface area contributed by atoms with Crippen molar-refractivity contribution in [3.8, 4) is 0 Å². The molecule has 0 saturated carbocycles. The molecule has 2 heterocycles. The van der Waals surface area contributed by atoms with E-state index in [1.54, 1.807) is 6.20 Å². The normalized spacial score (nSPS) is 15.0. The van der Waals surface area contributed by atoms with E-state index in [4.69, 9.17) is 9.05 Å². The average molecular weight is 311 g/mol. The molecule has 1 aliphatic carbocycles. The lowest BCUT2D eigenvalue weighted by Crippen LogP contribution is -2.27. The van der Waals surface area contributed by atoms with Crippen molar-refractivity contribution in [1.82, 2.24) is 15.0 Å². The quantitative estimate of drug-likeness (QED) is 0.861. The van der Waals surface area contributed by atoms with Gasteiger partial charge in [-0.1, -0.05) is 10.3 Å². The van der Waals surface area contributed by atoms with E-state index in [2.05, 4.69) is 15.0 Å². The second kappa shape index (κ2) is 5.98. The molecule has 1 N–H and O–H groups in total. The highest BCUT2D eigenvalue weighted by atomic mass is 32.2. The molecule has 3 rings (SSSR count). The Labute approximate surface area is 122 Å². The first-order valence-corrected chi connectivity index (χ1v) is 8.61.